The van der Waals surface area contributed by atoms with E-state index in [1.165, 1.54) is 12.3 Å². The van der Waals surface area contributed by atoms with Gasteiger partial charge in [-0.2, -0.15) is 0 Å². The number of amides is 2. The number of likely N-dealkylation sites (tertiary alicyclic amines) is 1. The molecule has 0 radical (unpaired) electrons. The van der Waals surface area contributed by atoms with Crippen LogP contribution in [0.15, 0.2) is 18.3 Å². The molecule has 1 atom stereocenters. The molecule has 21 heavy (non-hydrogen) atoms. The van der Waals surface area contributed by atoms with Crippen molar-refractivity contribution < 1.29 is 19.1 Å². The number of nitrogens with two attached hydrogens (primary N) is 1. The highest BCUT2D eigenvalue weighted by atomic mass is 16.6. The van der Waals surface area contributed by atoms with Gasteiger partial charge in [0.2, 0.25) is 0 Å². The van der Waals surface area contributed by atoms with Crippen molar-refractivity contribution in [2.45, 2.75) is 25.9 Å². The molecule has 2 rings (SSSR count). The second-order valence-electron chi connectivity index (χ2n) is 4.77. The van der Waals surface area contributed by atoms with Gasteiger partial charge in [0.25, 0.3) is 5.91 Å². The Morgan fingerprint density at radius 3 is 3.05 bits per heavy atom. The summed E-state index contributed by atoms with van der Waals surface area (Å²) in [6.07, 6.45) is 2.70. The Labute approximate surface area is 123 Å². The molecule has 114 valence electrons. The highest BCUT2D eigenvalue weighted by molar-refractivity contribution is 5.91. The largest absolute Gasteiger partial charge is 0.488 e. The topological polar surface area (TPSA) is 94.8 Å². The third kappa shape index (κ3) is 4.08. The van der Waals surface area contributed by atoms with E-state index in [0.29, 0.717) is 25.4 Å². The maximum atomic E-state index is 11.7. The van der Waals surface area contributed by atoms with E-state index < -0.39 is 5.91 Å². The number of carbonyl (C=O) groups excluding carboxylic acids is 2. The van der Waals surface area contributed by atoms with Crippen LogP contribution in [0.3, 0.4) is 0 Å². The molecule has 1 unspecified atom stereocenters. The number of aromatic nitrogens is 1. The third-order valence-electron chi connectivity index (χ3n) is 3.19. The number of hydrogen-bond donors (Lipinski definition) is 1. The molecule has 1 aromatic heterocycles. The van der Waals surface area contributed by atoms with Gasteiger partial charge in [-0.1, -0.05) is 0 Å². The maximum Gasteiger partial charge on any atom is 0.409 e. The van der Waals surface area contributed by atoms with Crippen LogP contribution in [-0.2, 0) is 4.74 Å². The van der Waals surface area contributed by atoms with Gasteiger partial charge in [-0.25, -0.2) is 4.79 Å². The van der Waals surface area contributed by atoms with E-state index in [0.717, 1.165) is 12.8 Å². The summed E-state index contributed by atoms with van der Waals surface area (Å²) < 4.78 is 10.8. The molecule has 0 aliphatic carbocycles. The van der Waals surface area contributed by atoms with Crippen LogP contribution in [0.5, 0.6) is 5.75 Å². The molecule has 1 fully saturated rings. The fraction of sp³-hybridized carbons (Fsp3) is 0.500. The molecule has 1 aliphatic heterocycles. The van der Waals surface area contributed by atoms with Crippen molar-refractivity contribution in [1.29, 1.82) is 0 Å². The monoisotopic (exact) mass is 293 g/mol. The van der Waals surface area contributed by atoms with Crippen molar-refractivity contribution in [2.24, 2.45) is 5.73 Å². The number of nitrogens with zero attached hydrogens (tertiary/aromatic N) is 2. The van der Waals surface area contributed by atoms with Crippen LogP contribution in [0.2, 0.25) is 0 Å². The van der Waals surface area contributed by atoms with Gasteiger partial charge >= 0.3 is 6.09 Å². The van der Waals surface area contributed by atoms with E-state index in [1.54, 1.807) is 17.9 Å². The fourth-order valence-electron chi connectivity index (χ4n) is 2.23. The molecule has 0 aromatic carbocycles. The van der Waals surface area contributed by atoms with E-state index in [1.807, 2.05) is 0 Å². The van der Waals surface area contributed by atoms with Crippen LogP contribution in [0, 0.1) is 0 Å². The van der Waals surface area contributed by atoms with E-state index in [9.17, 15) is 9.59 Å². The third-order valence-corrected chi connectivity index (χ3v) is 3.19. The summed E-state index contributed by atoms with van der Waals surface area (Å²) in [7, 11) is 0. The molecule has 2 N–H and O–H groups in total. The van der Waals surface area contributed by atoms with Gasteiger partial charge in [0.15, 0.2) is 0 Å². The molecular weight excluding hydrogens is 274 g/mol. The van der Waals surface area contributed by atoms with E-state index in [2.05, 4.69) is 4.98 Å². The Kier molecular flexibility index (Phi) is 4.97. The quantitative estimate of drug-likeness (QED) is 0.899. The van der Waals surface area contributed by atoms with Gasteiger partial charge in [-0.3, -0.25) is 9.78 Å². The number of piperidine rings is 1. The first-order valence-corrected chi connectivity index (χ1v) is 6.94. The first-order valence-electron chi connectivity index (χ1n) is 6.94. The average Bonchev–Trinajstić information content (AvgIpc) is 2.48. The Morgan fingerprint density at radius 1 is 1.52 bits per heavy atom. The normalized spacial score (nSPS) is 18.1. The van der Waals surface area contributed by atoms with E-state index >= 15 is 0 Å². The molecule has 0 saturated carbocycles. The van der Waals surface area contributed by atoms with Gasteiger partial charge in [0, 0.05) is 18.8 Å². The molecule has 2 heterocycles. The van der Waals surface area contributed by atoms with Gasteiger partial charge in [0.1, 0.15) is 17.5 Å². The second-order valence-corrected chi connectivity index (χ2v) is 4.77. The predicted octanol–water partition coefficient (Wildman–Crippen LogP) is 1.18. The van der Waals surface area contributed by atoms with Crippen molar-refractivity contribution in [3.63, 3.8) is 0 Å². The van der Waals surface area contributed by atoms with Crippen molar-refractivity contribution in [3.8, 4) is 5.75 Å². The van der Waals surface area contributed by atoms with Crippen LogP contribution >= 0.6 is 0 Å². The molecule has 2 amide bonds. The molecule has 7 nitrogen and oxygen atoms in total. The summed E-state index contributed by atoms with van der Waals surface area (Å²) in [4.78, 5) is 28.3. The summed E-state index contributed by atoms with van der Waals surface area (Å²) in [6, 6.07) is 3.17. The lowest BCUT2D eigenvalue weighted by Gasteiger charge is -2.32. The smallest absolute Gasteiger partial charge is 0.409 e. The van der Waals surface area contributed by atoms with Gasteiger partial charge < -0.3 is 20.1 Å². The minimum absolute atomic E-state index is 0.133. The lowest BCUT2D eigenvalue weighted by molar-refractivity contribution is 0.0611. The predicted molar refractivity (Wildman–Crippen MR) is 75.0 cm³/mol. The van der Waals surface area contributed by atoms with Crippen molar-refractivity contribution in [3.05, 3.63) is 24.0 Å². The van der Waals surface area contributed by atoms with E-state index in [4.69, 9.17) is 15.2 Å². The van der Waals surface area contributed by atoms with Gasteiger partial charge in [0.05, 0.1) is 13.2 Å². The molecule has 0 bridgehead atoms. The number of pyridine rings is 1. The zero-order chi connectivity index (χ0) is 15.2. The number of carbonyl (C=O) groups is 2. The van der Waals surface area contributed by atoms with Crippen LogP contribution < -0.4 is 10.5 Å². The van der Waals surface area contributed by atoms with Crippen molar-refractivity contribution >= 4 is 12.0 Å². The number of rotatable bonds is 4. The van der Waals surface area contributed by atoms with E-state index in [-0.39, 0.29) is 17.9 Å². The summed E-state index contributed by atoms with van der Waals surface area (Å²) in [5, 5.41) is 0. The summed E-state index contributed by atoms with van der Waals surface area (Å²) in [6.45, 7) is 3.26. The van der Waals surface area contributed by atoms with Crippen LogP contribution in [0.1, 0.15) is 30.3 Å². The molecule has 1 saturated heterocycles. The lowest BCUT2D eigenvalue weighted by Crippen LogP contribution is -2.44. The summed E-state index contributed by atoms with van der Waals surface area (Å²) in [5.74, 6) is -0.0771. The summed E-state index contributed by atoms with van der Waals surface area (Å²) >= 11 is 0. The Balaban J connectivity index is 1.97. The van der Waals surface area contributed by atoms with Crippen LogP contribution in [0.25, 0.3) is 0 Å². The van der Waals surface area contributed by atoms with Gasteiger partial charge in [-0.05, 0) is 25.8 Å². The number of ether oxygens (including phenoxy) is 2. The van der Waals surface area contributed by atoms with Crippen molar-refractivity contribution in [1.82, 2.24) is 9.88 Å². The lowest BCUT2D eigenvalue weighted by atomic mass is 10.1. The highest BCUT2D eigenvalue weighted by Crippen LogP contribution is 2.19. The molecular formula is C14H19N3O4. The average molecular weight is 293 g/mol. The van der Waals surface area contributed by atoms with Crippen LogP contribution in [0.4, 0.5) is 4.79 Å². The molecule has 1 aliphatic rings. The first kappa shape index (κ1) is 15.1. The van der Waals surface area contributed by atoms with Crippen molar-refractivity contribution in [2.75, 3.05) is 19.7 Å². The van der Waals surface area contributed by atoms with Crippen LogP contribution in [-0.4, -0.2) is 47.7 Å². The first-order chi connectivity index (χ1) is 10.1. The summed E-state index contributed by atoms with van der Waals surface area (Å²) in [5.41, 5.74) is 5.34. The van der Waals surface area contributed by atoms with Gasteiger partial charge in [-0.15, -0.1) is 0 Å². The zero-order valence-corrected chi connectivity index (χ0v) is 11.9. The molecule has 1 aromatic rings. The number of hydrogen-bond acceptors (Lipinski definition) is 5. The SMILES string of the molecule is CCOC(=O)N1CCCC(Oc2ccnc(C(N)=O)c2)C1. The zero-order valence-electron chi connectivity index (χ0n) is 11.9. The minimum atomic E-state index is -0.600. The Hall–Kier alpha value is -2.31. The fourth-order valence-corrected chi connectivity index (χ4v) is 2.23. The molecule has 0 spiro atoms. The second kappa shape index (κ2) is 6.92. The standard InChI is InChI=1S/C14H19N3O4/c1-2-20-14(19)17-7-3-4-11(9-17)21-10-5-6-16-12(8-10)13(15)18/h5-6,8,11H,2-4,7,9H2,1H3,(H2,15,18). The maximum absolute atomic E-state index is 11.7. The Morgan fingerprint density at radius 2 is 2.33 bits per heavy atom. The minimum Gasteiger partial charge on any atom is -0.488 e. The highest BCUT2D eigenvalue weighted by Gasteiger charge is 2.25. The molecule has 7 heteroatoms. The number of primary amides is 1. The Bertz CT molecular complexity index is 521.